The van der Waals surface area contributed by atoms with E-state index in [1.807, 2.05) is 19.1 Å². The Morgan fingerprint density at radius 2 is 2.05 bits per heavy atom. The Morgan fingerprint density at radius 3 is 2.79 bits per heavy atom. The van der Waals surface area contributed by atoms with Gasteiger partial charge >= 0.3 is 0 Å². The first-order valence-electron chi connectivity index (χ1n) is 5.77. The zero-order chi connectivity index (χ0) is 14.0. The summed E-state index contributed by atoms with van der Waals surface area (Å²) in [6.45, 7) is 3.69. The molecular formula is C14H14ClN3O. The Morgan fingerprint density at radius 1 is 1.32 bits per heavy atom. The van der Waals surface area contributed by atoms with Crippen molar-refractivity contribution in [3.8, 4) is 0 Å². The van der Waals surface area contributed by atoms with Crippen molar-refractivity contribution in [2.75, 3.05) is 11.1 Å². The van der Waals surface area contributed by atoms with Crippen LogP contribution in [0.3, 0.4) is 0 Å². The SMILES string of the molecule is Cc1ccc(Cl)c(NC(=O)c2cc(N)cnc2C)c1. The second kappa shape index (κ2) is 5.28. The Balaban J connectivity index is 2.30. The zero-order valence-corrected chi connectivity index (χ0v) is 11.5. The number of halogens is 1. The average molecular weight is 276 g/mol. The van der Waals surface area contributed by atoms with Crippen LogP contribution in [0.5, 0.6) is 0 Å². The Hall–Kier alpha value is -2.07. The van der Waals surface area contributed by atoms with E-state index >= 15 is 0 Å². The third-order valence-electron chi connectivity index (χ3n) is 2.72. The first kappa shape index (κ1) is 13.4. The molecule has 1 aromatic carbocycles. The van der Waals surface area contributed by atoms with Crippen LogP contribution in [-0.4, -0.2) is 10.9 Å². The van der Waals surface area contributed by atoms with Crippen LogP contribution in [0.2, 0.25) is 5.02 Å². The largest absolute Gasteiger partial charge is 0.397 e. The van der Waals surface area contributed by atoms with Gasteiger partial charge in [0, 0.05) is 0 Å². The Labute approximate surface area is 116 Å². The number of nitrogen functional groups attached to an aromatic ring is 1. The molecule has 98 valence electrons. The van der Waals surface area contributed by atoms with Crippen LogP contribution in [0.25, 0.3) is 0 Å². The number of amides is 1. The molecule has 1 amide bonds. The van der Waals surface area contributed by atoms with Gasteiger partial charge in [-0.3, -0.25) is 9.78 Å². The van der Waals surface area contributed by atoms with Crippen LogP contribution in [-0.2, 0) is 0 Å². The normalized spacial score (nSPS) is 10.3. The predicted octanol–water partition coefficient (Wildman–Crippen LogP) is 3.19. The highest BCUT2D eigenvalue weighted by Gasteiger charge is 2.12. The molecule has 0 aliphatic carbocycles. The van der Waals surface area contributed by atoms with Crippen LogP contribution < -0.4 is 11.1 Å². The number of benzene rings is 1. The van der Waals surface area contributed by atoms with Crippen LogP contribution in [0.4, 0.5) is 11.4 Å². The molecule has 0 unspecified atom stereocenters. The number of nitrogens with zero attached hydrogens (tertiary/aromatic N) is 1. The van der Waals surface area contributed by atoms with Crippen LogP contribution in [0.1, 0.15) is 21.6 Å². The standard InChI is InChI=1S/C14H14ClN3O/c1-8-3-4-12(15)13(5-8)18-14(19)11-6-10(16)7-17-9(11)2/h3-7H,16H2,1-2H3,(H,18,19). The first-order chi connectivity index (χ1) is 8.97. The van der Waals surface area contributed by atoms with Crippen molar-refractivity contribution in [3.05, 3.63) is 52.3 Å². The topological polar surface area (TPSA) is 68.0 Å². The van der Waals surface area contributed by atoms with E-state index < -0.39 is 0 Å². The monoisotopic (exact) mass is 275 g/mol. The van der Waals surface area contributed by atoms with Gasteiger partial charge in [-0.25, -0.2) is 0 Å². The zero-order valence-electron chi connectivity index (χ0n) is 10.7. The average Bonchev–Trinajstić information content (AvgIpc) is 2.36. The second-order valence-corrected chi connectivity index (χ2v) is 4.75. The van der Waals surface area contributed by atoms with Crippen molar-refractivity contribution in [2.45, 2.75) is 13.8 Å². The van der Waals surface area contributed by atoms with E-state index in [1.165, 1.54) is 6.20 Å². The smallest absolute Gasteiger partial charge is 0.257 e. The fourth-order valence-electron chi connectivity index (χ4n) is 1.70. The lowest BCUT2D eigenvalue weighted by Crippen LogP contribution is -2.15. The highest BCUT2D eigenvalue weighted by atomic mass is 35.5. The number of carbonyl (C=O) groups is 1. The number of aryl methyl sites for hydroxylation is 2. The van der Waals surface area contributed by atoms with E-state index in [1.54, 1.807) is 19.1 Å². The maximum atomic E-state index is 12.2. The van der Waals surface area contributed by atoms with E-state index in [-0.39, 0.29) is 5.91 Å². The van der Waals surface area contributed by atoms with Gasteiger partial charge in [0.25, 0.3) is 5.91 Å². The summed E-state index contributed by atoms with van der Waals surface area (Å²) in [5, 5.41) is 3.26. The summed E-state index contributed by atoms with van der Waals surface area (Å²) < 4.78 is 0. The molecule has 0 aliphatic heterocycles. The summed E-state index contributed by atoms with van der Waals surface area (Å²) >= 11 is 6.04. The Kier molecular flexibility index (Phi) is 3.71. The van der Waals surface area contributed by atoms with Gasteiger partial charge in [-0.15, -0.1) is 0 Å². The molecule has 0 saturated carbocycles. The van der Waals surface area contributed by atoms with E-state index in [0.717, 1.165) is 5.56 Å². The van der Waals surface area contributed by atoms with Gasteiger partial charge in [0.1, 0.15) is 0 Å². The van der Waals surface area contributed by atoms with E-state index in [9.17, 15) is 4.79 Å². The number of pyridine rings is 1. The van der Waals surface area contributed by atoms with E-state index in [0.29, 0.717) is 27.7 Å². The number of carbonyl (C=O) groups excluding carboxylic acids is 1. The quantitative estimate of drug-likeness (QED) is 0.884. The second-order valence-electron chi connectivity index (χ2n) is 4.34. The lowest BCUT2D eigenvalue weighted by atomic mass is 10.1. The summed E-state index contributed by atoms with van der Waals surface area (Å²) in [6, 6.07) is 7.04. The van der Waals surface area contributed by atoms with Crippen LogP contribution >= 0.6 is 11.6 Å². The van der Waals surface area contributed by atoms with Gasteiger partial charge in [0.2, 0.25) is 0 Å². The number of aromatic nitrogens is 1. The van der Waals surface area contributed by atoms with Gasteiger partial charge in [0.15, 0.2) is 0 Å². The molecule has 0 bridgehead atoms. The van der Waals surface area contributed by atoms with Gasteiger partial charge in [0.05, 0.1) is 33.9 Å². The predicted molar refractivity (Wildman–Crippen MR) is 77.5 cm³/mol. The molecule has 4 nitrogen and oxygen atoms in total. The molecule has 0 saturated heterocycles. The molecule has 1 aromatic heterocycles. The maximum Gasteiger partial charge on any atom is 0.257 e. The molecule has 19 heavy (non-hydrogen) atoms. The summed E-state index contributed by atoms with van der Waals surface area (Å²) in [4.78, 5) is 16.2. The van der Waals surface area contributed by atoms with Crippen LogP contribution in [0, 0.1) is 13.8 Å². The highest BCUT2D eigenvalue weighted by molar-refractivity contribution is 6.34. The molecule has 1 heterocycles. The van der Waals surface area contributed by atoms with Crippen molar-refractivity contribution in [1.82, 2.24) is 4.98 Å². The van der Waals surface area contributed by atoms with E-state index in [2.05, 4.69) is 10.3 Å². The first-order valence-corrected chi connectivity index (χ1v) is 6.15. The molecule has 2 aromatic rings. The third kappa shape index (κ3) is 3.03. The minimum Gasteiger partial charge on any atom is -0.397 e. The molecular weight excluding hydrogens is 262 g/mol. The maximum absolute atomic E-state index is 12.2. The van der Waals surface area contributed by atoms with Gasteiger partial charge in [-0.2, -0.15) is 0 Å². The molecule has 0 atom stereocenters. The highest BCUT2D eigenvalue weighted by Crippen LogP contribution is 2.23. The number of nitrogens with one attached hydrogen (secondary N) is 1. The van der Waals surface area contributed by atoms with Gasteiger partial charge < -0.3 is 11.1 Å². The Bertz CT molecular complexity index is 641. The molecule has 5 heteroatoms. The minimum absolute atomic E-state index is 0.273. The summed E-state index contributed by atoms with van der Waals surface area (Å²) in [7, 11) is 0. The summed E-state index contributed by atoms with van der Waals surface area (Å²) in [5.74, 6) is -0.273. The minimum atomic E-state index is -0.273. The molecule has 3 N–H and O–H groups in total. The van der Waals surface area contributed by atoms with E-state index in [4.69, 9.17) is 17.3 Å². The number of rotatable bonds is 2. The molecule has 0 fully saturated rings. The lowest BCUT2D eigenvalue weighted by molar-refractivity contribution is 0.102. The van der Waals surface area contributed by atoms with Gasteiger partial charge in [-0.1, -0.05) is 17.7 Å². The molecule has 2 rings (SSSR count). The van der Waals surface area contributed by atoms with Crippen molar-refractivity contribution >= 4 is 28.9 Å². The molecule has 0 aliphatic rings. The fraction of sp³-hybridized carbons (Fsp3) is 0.143. The molecule has 0 radical (unpaired) electrons. The lowest BCUT2D eigenvalue weighted by Gasteiger charge is -2.10. The van der Waals surface area contributed by atoms with Crippen molar-refractivity contribution in [1.29, 1.82) is 0 Å². The van der Waals surface area contributed by atoms with Crippen LogP contribution in [0.15, 0.2) is 30.5 Å². The summed E-state index contributed by atoms with van der Waals surface area (Å²) in [6.07, 6.45) is 1.52. The number of anilines is 2. The molecule has 0 spiro atoms. The van der Waals surface area contributed by atoms with Gasteiger partial charge in [-0.05, 0) is 37.6 Å². The summed E-state index contributed by atoms with van der Waals surface area (Å²) in [5.41, 5.74) is 8.75. The van der Waals surface area contributed by atoms with Crippen molar-refractivity contribution in [2.24, 2.45) is 0 Å². The third-order valence-corrected chi connectivity index (χ3v) is 3.05. The number of nitrogens with two attached hydrogens (primary N) is 1. The number of hydrogen-bond donors (Lipinski definition) is 2. The van der Waals surface area contributed by atoms with Crippen molar-refractivity contribution < 1.29 is 4.79 Å². The number of hydrogen-bond acceptors (Lipinski definition) is 3. The van der Waals surface area contributed by atoms with Crippen molar-refractivity contribution in [3.63, 3.8) is 0 Å². The fourth-order valence-corrected chi connectivity index (χ4v) is 1.87.